The van der Waals surface area contributed by atoms with Gasteiger partial charge in [0, 0.05) is 31.5 Å². The second-order valence-corrected chi connectivity index (χ2v) is 4.35. The fourth-order valence-electron chi connectivity index (χ4n) is 1.65. The summed E-state index contributed by atoms with van der Waals surface area (Å²) in [6, 6.07) is 4.42. The molecule has 18 heavy (non-hydrogen) atoms. The van der Waals surface area contributed by atoms with Crippen molar-refractivity contribution in [3.63, 3.8) is 0 Å². The molecule has 0 aliphatic heterocycles. The lowest BCUT2D eigenvalue weighted by Gasteiger charge is -2.08. The summed E-state index contributed by atoms with van der Waals surface area (Å²) in [6.07, 6.45) is 6.45. The van der Waals surface area contributed by atoms with Crippen LogP contribution in [0.25, 0.3) is 0 Å². The molecule has 1 atom stereocenters. The molecular formula is C13H19N5. The third-order valence-corrected chi connectivity index (χ3v) is 2.96. The van der Waals surface area contributed by atoms with E-state index in [4.69, 9.17) is 0 Å². The molecule has 2 aromatic heterocycles. The molecule has 5 heteroatoms. The van der Waals surface area contributed by atoms with Crippen molar-refractivity contribution in [3.8, 4) is 0 Å². The SMILES string of the molecule is CCC(C)n1ccc(CNCc2ccncn2)n1. The van der Waals surface area contributed by atoms with Crippen LogP contribution in [-0.4, -0.2) is 19.7 Å². The average Bonchev–Trinajstić information content (AvgIpc) is 2.88. The van der Waals surface area contributed by atoms with Crippen molar-refractivity contribution in [2.75, 3.05) is 0 Å². The van der Waals surface area contributed by atoms with Gasteiger partial charge in [0.15, 0.2) is 0 Å². The molecule has 0 aromatic carbocycles. The molecule has 0 saturated heterocycles. The van der Waals surface area contributed by atoms with Crippen molar-refractivity contribution in [1.29, 1.82) is 0 Å². The van der Waals surface area contributed by atoms with Crippen molar-refractivity contribution in [2.45, 2.75) is 39.4 Å². The van der Waals surface area contributed by atoms with E-state index in [1.54, 1.807) is 12.5 Å². The van der Waals surface area contributed by atoms with Crippen LogP contribution in [0.1, 0.15) is 37.7 Å². The molecule has 0 saturated carbocycles. The van der Waals surface area contributed by atoms with Gasteiger partial charge in [-0.3, -0.25) is 4.68 Å². The minimum atomic E-state index is 0.459. The van der Waals surface area contributed by atoms with Crippen molar-refractivity contribution < 1.29 is 0 Å². The summed E-state index contributed by atoms with van der Waals surface area (Å²) in [6.45, 7) is 5.83. The number of aromatic nitrogens is 4. The molecule has 0 fully saturated rings. The van der Waals surface area contributed by atoms with Crippen LogP contribution in [0.3, 0.4) is 0 Å². The van der Waals surface area contributed by atoms with Crippen LogP contribution in [0.2, 0.25) is 0 Å². The highest BCUT2D eigenvalue weighted by Gasteiger charge is 2.04. The van der Waals surface area contributed by atoms with E-state index in [0.29, 0.717) is 6.04 Å². The maximum Gasteiger partial charge on any atom is 0.115 e. The largest absolute Gasteiger partial charge is 0.305 e. The van der Waals surface area contributed by atoms with Crippen LogP contribution >= 0.6 is 0 Å². The lowest BCUT2D eigenvalue weighted by molar-refractivity contribution is 0.471. The summed E-state index contributed by atoms with van der Waals surface area (Å²) >= 11 is 0. The Morgan fingerprint density at radius 1 is 1.28 bits per heavy atom. The van der Waals surface area contributed by atoms with E-state index in [2.05, 4.69) is 40.3 Å². The maximum atomic E-state index is 4.53. The van der Waals surface area contributed by atoms with Crippen molar-refractivity contribution in [1.82, 2.24) is 25.1 Å². The summed E-state index contributed by atoms with van der Waals surface area (Å²) in [5, 5.41) is 7.86. The van der Waals surface area contributed by atoms with Gasteiger partial charge >= 0.3 is 0 Å². The van der Waals surface area contributed by atoms with Gasteiger partial charge in [-0.2, -0.15) is 5.10 Å². The lowest BCUT2D eigenvalue weighted by atomic mass is 10.3. The molecule has 0 bridgehead atoms. The molecule has 1 N–H and O–H groups in total. The summed E-state index contributed by atoms with van der Waals surface area (Å²) in [5.74, 6) is 0. The van der Waals surface area contributed by atoms with E-state index in [1.807, 2.05) is 16.9 Å². The van der Waals surface area contributed by atoms with Gasteiger partial charge in [-0.15, -0.1) is 0 Å². The molecule has 1 unspecified atom stereocenters. The molecule has 0 aliphatic rings. The van der Waals surface area contributed by atoms with Crippen LogP contribution in [0.4, 0.5) is 0 Å². The number of rotatable bonds is 6. The predicted octanol–water partition coefficient (Wildman–Crippen LogP) is 1.93. The summed E-state index contributed by atoms with van der Waals surface area (Å²) < 4.78 is 2.02. The normalized spacial score (nSPS) is 12.6. The summed E-state index contributed by atoms with van der Waals surface area (Å²) in [7, 11) is 0. The highest BCUT2D eigenvalue weighted by atomic mass is 15.3. The summed E-state index contributed by atoms with van der Waals surface area (Å²) in [5.41, 5.74) is 2.05. The van der Waals surface area contributed by atoms with E-state index in [0.717, 1.165) is 30.9 Å². The highest BCUT2D eigenvalue weighted by Crippen LogP contribution is 2.09. The Hall–Kier alpha value is -1.75. The van der Waals surface area contributed by atoms with Gasteiger partial charge in [0.05, 0.1) is 11.4 Å². The number of nitrogens with zero attached hydrogens (tertiary/aromatic N) is 4. The molecule has 2 heterocycles. The number of hydrogen-bond acceptors (Lipinski definition) is 4. The minimum Gasteiger partial charge on any atom is -0.305 e. The molecule has 0 radical (unpaired) electrons. The fourth-order valence-corrected chi connectivity index (χ4v) is 1.65. The topological polar surface area (TPSA) is 55.6 Å². The predicted molar refractivity (Wildman–Crippen MR) is 69.8 cm³/mol. The van der Waals surface area contributed by atoms with Gasteiger partial charge in [0.25, 0.3) is 0 Å². The molecule has 0 amide bonds. The molecule has 0 spiro atoms. The molecule has 0 aliphatic carbocycles. The lowest BCUT2D eigenvalue weighted by Crippen LogP contribution is -2.14. The van der Waals surface area contributed by atoms with E-state index in [-0.39, 0.29) is 0 Å². The van der Waals surface area contributed by atoms with Crippen LogP contribution in [0.5, 0.6) is 0 Å². The Labute approximate surface area is 107 Å². The quantitative estimate of drug-likeness (QED) is 0.845. The third-order valence-electron chi connectivity index (χ3n) is 2.96. The zero-order chi connectivity index (χ0) is 12.8. The van der Waals surface area contributed by atoms with E-state index in [1.165, 1.54) is 0 Å². The smallest absolute Gasteiger partial charge is 0.115 e. The highest BCUT2D eigenvalue weighted by molar-refractivity contribution is 5.01. The number of hydrogen-bond donors (Lipinski definition) is 1. The first-order chi connectivity index (χ1) is 8.79. The second kappa shape index (κ2) is 6.26. The Kier molecular flexibility index (Phi) is 4.41. The van der Waals surface area contributed by atoms with Gasteiger partial charge in [0.1, 0.15) is 6.33 Å². The van der Waals surface area contributed by atoms with Gasteiger partial charge in [0.2, 0.25) is 0 Å². The number of nitrogens with one attached hydrogen (secondary N) is 1. The maximum absolute atomic E-state index is 4.53. The summed E-state index contributed by atoms with van der Waals surface area (Å²) in [4.78, 5) is 8.05. The first-order valence-electron chi connectivity index (χ1n) is 6.29. The second-order valence-electron chi connectivity index (χ2n) is 4.35. The zero-order valence-electron chi connectivity index (χ0n) is 10.9. The first-order valence-corrected chi connectivity index (χ1v) is 6.29. The Morgan fingerprint density at radius 2 is 2.11 bits per heavy atom. The van der Waals surface area contributed by atoms with Crippen molar-refractivity contribution >= 4 is 0 Å². The van der Waals surface area contributed by atoms with E-state index >= 15 is 0 Å². The molecular weight excluding hydrogens is 226 g/mol. The van der Waals surface area contributed by atoms with Gasteiger partial charge in [-0.25, -0.2) is 9.97 Å². The van der Waals surface area contributed by atoms with Crippen LogP contribution in [0, 0.1) is 0 Å². The minimum absolute atomic E-state index is 0.459. The van der Waals surface area contributed by atoms with Crippen LogP contribution in [-0.2, 0) is 13.1 Å². The third kappa shape index (κ3) is 3.37. The van der Waals surface area contributed by atoms with Crippen molar-refractivity contribution in [3.05, 3.63) is 42.2 Å². The molecule has 2 rings (SSSR count). The van der Waals surface area contributed by atoms with Gasteiger partial charge in [-0.1, -0.05) is 6.92 Å². The van der Waals surface area contributed by atoms with Crippen molar-refractivity contribution in [2.24, 2.45) is 0 Å². The monoisotopic (exact) mass is 245 g/mol. The Morgan fingerprint density at radius 3 is 2.83 bits per heavy atom. The van der Waals surface area contributed by atoms with E-state index < -0.39 is 0 Å². The van der Waals surface area contributed by atoms with Gasteiger partial charge in [-0.05, 0) is 25.5 Å². The Balaban J connectivity index is 1.82. The molecule has 5 nitrogen and oxygen atoms in total. The van der Waals surface area contributed by atoms with E-state index in [9.17, 15) is 0 Å². The first kappa shape index (κ1) is 12.7. The van der Waals surface area contributed by atoms with Crippen LogP contribution in [0.15, 0.2) is 30.9 Å². The fraction of sp³-hybridized carbons (Fsp3) is 0.462. The average molecular weight is 245 g/mol. The molecule has 2 aromatic rings. The Bertz CT molecular complexity index is 465. The zero-order valence-corrected chi connectivity index (χ0v) is 10.9. The standard InChI is InChI=1S/C13H19N5/c1-3-11(2)18-7-5-13(17-18)9-15-8-12-4-6-14-10-16-12/h4-7,10-11,15H,3,8-9H2,1-2H3. The van der Waals surface area contributed by atoms with Crippen LogP contribution < -0.4 is 5.32 Å². The molecule has 96 valence electrons. The van der Waals surface area contributed by atoms with Gasteiger partial charge < -0.3 is 5.32 Å².